The summed E-state index contributed by atoms with van der Waals surface area (Å²) in [6, 6.07) is 3.61. The van der Waals surface area contributed by atoms with E-state index in [1.54, 1.807) is 0 Å². The third-order valence-corrected chi connectivity index (χ3v) is 2.44. The second-order valence-corrected chi connectivity index (χ2v) is 3.84. The average molecular weight is 269 g/mol. The first-order valence-corrected chi connectivity index (χ1v) is 5.37. The molecule has 1 unspecified atom stereocenters. The lowest BCUT2D eigenvalue weighted by molar-refractivity contribution is 0.00480. The van der Waals surface area contributed by atoms with E-state index in [-0.39, 0.29) is 23.6 Å². The van der Waals surface area contributed by atoms with Crippen LogP contribution in [0, 0.1) is 5.82 Å². The molecule has 0 saturated carbocycles. The number of aliphatic hydroxyl groups is 1. The van der Waals surface area contributed by atoms with Gasteiger partial charge in [-0.05, 0) is 18.2 Å². The minimum absolute atomic E-state index is 0.0433. The normalized spacial score (nSPS) is 13.1. The van der Waals surface area contributed by atoms with E-state index in [1.165, 1.54) is 12.1 Å². The molecule has 1 aromatic carbocycles. The van der Waals surface area contributed by atoms with Crippen LogP contribution >= 0.6 is 11.6 Å². The van der Waals surface area contributed by atoms with Crippen LogP contribution in [0.15, 0.2) is 18.2 Å². The van der Waals surface area contributed by atoms with Crippen molar-refractivity contribution in [1.29, 1.82) is 0 Å². The Labute approximate surface area is 102 Å². The van der Waals surface area contributed by atoms with E-state index in [0.29, 0.717) is 0 Å². The highest BCUT2D eigenvalue weighted by Crippen LogP contribution is 2.25. The molecule has 0 aliphatic rings. The highest BCUT2D eigenvalue weighted by atomic mass is 35.5. The smallest absolute Gasteiger partial charge is 0.261 e. The third-order valence-electron chi connectivity index (χ3n) is 2.10. The fourth-order valence-electron chi connectivity index (χ4n) is 1.29. The van der Waals surface area contributed by atoms with E-state index in [4.69, 9.17) is 11.6 Å². The zero-order valence-electron chi connectivity index (χ0n) is 8.88. The van der Waals surface area contributed by atoms with Gasteiger partial charge < -0.3 is 9.84 Å². The lowest BCUT2D eigenvalue weighted by atomic mass is 10.1. The number of halogens is 4. The van der Waals surface area contributed by atoms with Crippen molar-refractivity contribution in [3.8, 4) is 0 Å². The van der Waals surface area contributed by atoms with Crippen LogP contribution in [0.5, 0.6) is 0 Å². The van der Waals surface area contributed by atoms with Crippen molar-refractivity contribution >= 4 is 11.6 Å². The second kappa shape index (κ2) is 6.83. The maximum Gasteiger partial charge on any atom is 0.261 e. The fraction of sp³-hybridized carbons (Fsp3) is 0.455. The van der Waals surface area contributed by atoms with Crippen molar-refractivity contribution in [1.82, 2.24) is 0 Å². The molecule has 0 fully saturated rings. The van der Waals surface area contributed by atoms with Crippen molar-refractivity contribution < 1.29 is 23.0 Å². The quantitative estimate of drug-likeness (QED) is 0.803. The van der Waals surface area contributed by atoms with Gasteiger partial charge >= 0.3 is 0 Å². The predicted molar refractivity (Wildman–Crippen MR) is 57.8 cm³/mol. The molecule has 1 rings (SSSR count). The summed E-state index contributed by atoms with van der Waals surface area (Å²) in [4.78, 5) is 0. The highest BCUT2D eigenvalue weighted by molar-refractivity contribution is 6.31. The van der Waals surface area contributed by atoms with Gasteiger partial charge in [0, 0.05) is 23.6 Å². The molecule has 1 aromatic rings. The fourth-order valence-corrected chi connectivity index (χ4v) is 1.54. The maximum absolute atomic E-state index is 12.9. The first-order valence-electron chi connectivity index (χ1n) is 4.99. The van der Waals surface area contributed by atoms with Gasteiger partial charge in [-0.25, -0.2) is 13.2 Å². The van der Waals surface area contributed by atoms with Crippen LogP contribution in [0.4, 0.5) is 13.2 Å². The van der Waals surface area contributed by atoms with Gasteiger partial charge in [-0.15, -0.1) is 0 Å². The van der Waals surface area contributed by atoms with Crippen LogP contribution in [-0.4, -0.2) is 24.7 Å². The summed E-state index contributed by atoms with van der Waals surface area (Å²) in [6.45, 7) is -0.720. The number of hydrogen-bond acceptors (Lipinski definition) is 2. The highest BCUT2D eigenvalue weighted by Gasteiger charge is 2.13. The van der Waals surface area contributed by atoms with Gasteiger partial charge in [-0.3, -0.25) is 0 Å². The number of rotatable bonds is 6. The number of benzene rings is 1. The van der Waals surface area contributed by atoms with Crippen molar-refractivity contribution in [2.24, 2.45) is 0 Å². The van der Waals surface area contributed by atoms with Gasteiger partial charge in [0.2, 0.25) is 0 Å². The molecule has 0 saturated heterocycles. The summed E-state index contributed by atoms with van der Waals surface area (Å²) in [5, 5.41) is 9.90. The van der Waals surface area contributed by atoms with Gasteiger partial charge in [-0.2, -0.15) is 0 Å². The second-order valence-electron chi connectivity index (χ2n) is 3.44. The van der Waals surface area contributed by atoms with Gasteiger partial charge in [0.05, 0.1) is 6.10 Å². The molecule has 1 N–H and O–H groups in total. The summed E-state index contributed by atoms with van der Waals surface area (Å²) in [6.07, 6.45) is -3.49. The Morgan fingerprint density at radius 2 is 2.06 bits per heavy atom. The van der Waals surface area contributed by atoms with Crippen LogP contribution in [0.25, 0.3) is 0 Å². The minimum atomic E-state index is -2.54. The standard InChI is InChI=1S/C11H12ClF3O2/c12-9-2-1-7(13)5-8(9)10(16)3-4-17-6-11(14)15/h1-2,5,10-11,16H,3-4,6H2. The molecule has 0 aliphatic heterocycles. The van der Waals surface area contributed by atoms with Crippen molar-refractivity contribution in [2.45, 2.75) is 19.0 Å². The molecular weight excluding hydrogens is 257 g/mol. The minimum Gasteiger partial charge on any atom is -0.388 e. The van der Waals surface area contributed by atoms with Gasteiger partial charge in [0.15, 0.2) is 0 Å². The largest absolute Gasteiger partial charge is 0.388 e. The predicted octanol–water partition coefficient (Wildman–Crippen LogP) is 3.18. The van der Waals surface area contributed by atoms with E-state index in [2.05, 4.69) is 4.74 Å². The number of ether oxygens (including phenoxy) is 1. The van der Waals surface area contributed by atoms with Crippen molar-refractivity contribution in [3.63, 3.8) is 0 Å². The molecule has 0 aromatic heterocycles. The molecule has 0 bridgehead atoms. The maximum atomic E-state index is 12.9. The number of alkyl halides is 2. The Balaban J connectivity index is 2.46. The van der Waals surface area contributed by atoms with Crippen LogP contribution in [0.3, 0.4) is 0 Å². The van der Waals surface area contributed by atoms with Crippen molar-refractivity contribution in [3.05, 3.63) is 34.6 Å². The molecule has 2 nitrogen and oxygen atoms in total. The van der Waals surface area contributed by atoms with E-state index < -0.39 is 25.0 Å². The van der Waals surface area contributed by atoms with Gasteiger partial charge in [0.25, 0.3) is 6.43 Å². The van der Waals surface area contributed by atoms with E-state index in [9.17, 15) is 18.3 Å². The van der Waals surface area contributed by atoms with E-state index in [1.807, 2.05) is 0 Å². The lowest BCUT2D eigenvalue weighted by Crippen LogP contribution is -2.09. The van der Waals surface area contributed by atoms with Gasteiger partial charge in [-0.1, -0.05) is 11.6 Å². The van der Waals surface area contributed by atoms with Crippen LogP contribution < -0.4 is 0 Å². The topological polar surface area (TPSA) is 29.5 Å². The zero-order chi connectivity index (χ0) is 12.8. The molecule has 1 atom stereocenters. The molecule has 0 aliphatic carbocycles. The Hall–Kier alpha value is -0.780. The molecule has 0 radical (unpaired) electrons. The number of hydrogen-bond donors (Lipinski definition) is 1. The van der Waals surface area contributed by atoms with Crippen LogP contribution in [-0.2, 0) is 4.74 Å². The molecule has 6 heteroatoms. The molecule has 17 heavy (non-hydrogen) atoms. The molecule has 96 valence electrons. The molecule has 0 amide bonds. The molecule has 0 spiro atoms. The lowest BCUT2D eigenvalue weighted by Gasteiger charge is -2.12. The van der Waals surface area contributed by atoms with Crippen LogP contribution in [0.2, 0.25) is 5.02 Å². The zero-order valence-corrected chi connectivity index (χ0v) is 9.63. The first-order chi connectivity index (χ1) is 8.00. The Morgan fingerprint density at radius 3 is 2.71 bits per heavy atom. The third kappa shape index (κ3) is 4.93. The Kier molecular flexibility index (Phi) is 5.74. The molecular formula is C11H12ClF3O2. The summed E-state index contributed by atoms with van der Waals surface area (Å²) in [7, 11) is 0. The van der Waals surface area contributed by atoms with E-state index in [0.717, 1.165) is 6.07 Å². The average Bonchev–Trinajstić information content (AvgIpc) is 2.27. The van der Waals surface area contributed by atoms with E-state index >= 15 is 0 Å². The molecule has 0 heterocycles. The number of aliphatic hydroxyl groups excluding tert-OH is 1. The Bertz CT molecular complexity index is 361. The van der Waals surface area contributed by atoms with Gasteiger partial charge in [0.1, 0.15) is 12.4 Å². The monoisotopic (exact) mass is 268 g/mol. The summed E-state index contributed by atoms with van der Waals surface area (Å²) < 4.78 is 41.0. The summed E-state index contributed by atoms with van der Waals surface area (Å²) >= 11 is 5.77. The first kappa shape index (κ1) is 14.3. The van der Waals surface area contributed by atoms with Crippen LogP contribution in [0.1, 0.15) is 18.1 Å². The summed E-state index contributed by atoms with van der Waals surface area (Å²) in [5.74, 6) is -0.517. The van der Waals surface area contributed by atoms with Crippen molar-refractivity contribution in [2.75, 3.05) is 13.2 Å². The summed E-state index contributed by atoms with van der Waals surface area (Å²) in [5.41, 5.74) is 0.229. The Morgan fingerprint density at radius 1 is 1.35 bits per heavy atom. The SMILES string of the molecule is OC(CCOCC(F)F)c1cc(F)ccc1Cl.